The van der Waals surface area contributed by atoms with Crippen molar-refractivity contribution < 1.29 is 4.79 Å². The highest BCUT2D eigenvalue weighted by Gasteiger charge is 2.16. The molecule has 0 radical (unpaired) electrons. The Hall–Kier alpha value is -0.530. The molecule has 1 amide bonds. The predicted molar refractivity (Wildman–Crippen MR) is 85.5 cm³/mol. The molecule has 5 nitrogen and oxygen atoms in total. The van der Waals surface area contributed by atoms with Gasteiger partial charge in [-0.15, -0.1) is 24.0 Å². The number of nitrogens with one attached hydrogen (secondary N) is 2. The second-order valence-electron chi connectivity index (χ2n) is 4.67. The summed E-state index contributed by atoms with van der Waals surface area (Å²) in [6, 6.07) is 0.311. The molecule has 0 aromatic carbocycles. The average molecular weight is 368 g/mol. The topological polar surface area (TPSA) is 56.7 Å². The van der Waals surface area contributed by atoms with Gasteiger partial charge in [-0.05, 0) is 33.1 Å². The number of hydrogen-bond donors (Lipinski definition) is 2. The van der Waals surface area contributed by atoms with Gasteiger partial charge in [-0.1, -0.05) is 0 Å². The van der Waals surface area contributed by atoms with Gasteiger partial charge in [0.2, 0.25) is 5.91 Å². The number of nitrogens with zero attached hydrogens (tertiary/aromatic N) is 2. The number of likely N-dealkylation sites (tertiary alicyclic amines) is 1. The first-order valence-electron chi connectivity index (χ1n) is 6.38. The minimum Gasteiger partial charge on any atom is -0.354 e. The van der Waals surface area contributed by atoms with E-state index in [-0.39, 0.29) is 29.9 Å². The van der Waals surface area contributed by atoms with E-state index in [9.17, 15) is 4.79 Å². The van der Waals surface area contributed by atoms with Crippen LogP contribution < -0.4 is 10.6 Å². The van der Waals surface area contributed by atoms with Crippen LogP contribution in [0.2, 0.25) is 0 Å². The molecule has 106 valence electrons. The van der Waals surface area contributed by atoms with Gasteiger partial charge in [-0.2, -0.15) is 0 Å². The van der Waals surface area contributed by atoms with E-state index in [4.69, 9.17) is 0 Å². The molecule has 1 aliphatic rings. The van der Waals surface area contributed by atoms with Crippen LogP contribution >= 0.6 is 24.0 Å². The monoisotopic (exact) mass is 368 g/mol. The maximum Gasteiger partial charge on any atom is 0.241 e. The zero-order chi connectivity index (χ0) is 12.7. The maximum atomic E-state index is 11.9. The van der Waals surface area contributed by atoms with E-state index in [0.717, 1.165) is 25.9 Å². The molecule has 1 saturated heterocycles. The van der Waals surface area contributed by atoms with Crippen molar-refractivity contribution in [1.82, 2.24) is 15.5 Å². The molecular formula is C12H25IN4O. The second kappa shape index (κ2) is 9.41. The number of guanidine groups is 1. The fourth-order valence-electron chi connectivity index (χ4n) is 1.88. The van der Waals surface area contributed by atoms with Gasteiger partial charge in [0.1, 0.15) is 0 Å². The van der Waals surface area contributed by atoms with Gasteiger partial charge in [0.05, 0.1) is 6.54 Å². The molecule has 6 heteroatoms. The van der Waals surface area contributed by atoms with Crippen molar-refractivity contribution in [3.8, 4) is 0 Å². The maximum absolute atomic E-state index is 11.9. The van der Waals surface area contributed by atoms with E-state index in [2.05, 4.69) is 15.6 Å². The smallest absolute Gasteiger partial charge is 0.241 e. The molecule has 0 bridgehead atoms. The molecule has 0 atom stereocenters. The molecule has 1 heterocycles. The van der Waals surface area contributed by atoms with Crippen LogP contribution in [0, 0.1) is 0 Å². The highest BCUT2D eigenvalue weighted by Crippen LogP contribution is 2.08. The molecule has 2 N–H and O–H groups in total. The first-order valence-corrected chi connectivity index (χ1v) is 6.38. The van der Waals surface area contributed by atoms with Crippen LogP contribution in [0.3, 0.4) is 0 Å². The van der Waals surface area contributed by atoms with Crippen LogP contribution in [0.25, 0.3) is 0 Å². The fraction of sp³-hybridized carbons (Fsp3) is 0.833. The first kappa shape index (κ1) is 17.5. The quantitative estimate of drug-likeness (QED) is 0.447. The van der Waals surface area contributed by atoms with Crippen molar-refractivity contribution in [3.05, 3.63) is 0 Å². The Bertz CT molecular complexity index is 275. The fourth-order valence-corrected chi connectivity index (χ4v) is 1.88. The number of rotatable bonds is 3. The summed E-state index contributed by atoms with van der Waals surface area (Å²) in [6.07, 6.45) is 3.50. The van der Waals surface area contributed by atoms with Crippen molar-refractivity contribution in [3.63, 3.8) is 0 Å². The molecule has 0 saturated carbocycles. The summed E-state index contributed by atoms with van der Waals surface area (Å²) < 4.78 is 0. The lowest BCUT2D eigenvalue weighted by atomic mass is 10.1. The zero-order valence-electron chi connectivity index (χ0n) is 11.5. The van der Waals surface area contributed by atoms with E-state index in [1.807, 2.05) is 18.7 Å². The summed E-state index contributed by atoms with van der Waals surface area (Å²) in [4.78, 5) is 17.9. The largest absolute Gasteiger partial charge is 0.354 e. The second-order valence-corrected chi connectivity index (χ2v) is 4.67. The summed E-state index contributed by atoms with van der Waals surface area (Å²) in [7, 11) is 1.71. The summed E-state index contributed by atoms with van der Waals surface area (Å²) >= 11 is 0. The van der Waals surface area contributed by atoms with Crippen molar-refractivity contribution in [2.75, 3.05) is 26.7 Å². The minimum absolute atomic E-state index is 0. The third kappa shape index (κ3) is 6.42. The molecule has 0 aliphatic carbocycles. The van der Waals surface area contributed by atoms with Crippen LogP contribution in [-0.2, 0) is 4.79 Å². The lowest BCUT2D eigenvalue weighted by Gasteiger charge is -2.27. The number of hydrogen-bond acceptors (Lipinski definition) is 2. The predicted octanol–water partition coefficient (Wildman–Crippen LogP) is 1.19. The number of carbonyl (C=O) groups is 1. The van der Waals surface area contributed by atoms with Gasteiger partial charge in [0, 0.05) is 26.2 Å². The Morgan fingerprint density at radius 3 is 2.39 bits per heavy atom. The minimum atomic E-state index is 0. The van der Waals surface area contributed by atoms with E-state index in [0.29, 0.717) is 18.5 Å². The van der Waals surface area contributed by atoms with Crippen molar-refractivity contribution in [1.29, 1.82) is 0 Å². The third-order valence-electron chi connectivity index (χ3n) is 2.76. The Morgan fingerprint density at radius 2 is 1.89 bits per heavy atom. The molecular weight excluding hydrogens is 343 g/mol. The molecule has 0 aromatic heterocycles. The number of amides is 1. The molecule has 1 rings (SSSR count). The van der Waals surface area contributed by atoms with Crippen LogP contribution in [0.4, 0.5) is 0 Å². The molecule has 1 aliphatic heterocycles. The number of aliphatic imine (C=N–C) groups is 1. The van der Waals surface area contributed by atoms with Gasteiger partial charge in [-0.25, -0.2) is 0 Å². The Morgan fingerprint density at radius 1 is 1.28 bits per heavy atom. The van der Waals surface area contributed by atoms with Crippen LogP contribution in [-0.4, -0.2) is 49.5 Å². The lowest BCUT2D eigenvalue weighted by Crippen LogP contribution is -2.47. The van der Waals surface area contributed by atoms with Crippen LogP contribution in [0.1, 0.15) is 33.1 Å². The average Bonchev–Trinajstić information content (AvgIpc) is 2.34. The SMILES string of the molecule is CN=C(NCC(=O)N1CCCCC1)NC(C)C.I. The zero-order valence-corrected chi connectivity index (χ0v) is 13.9. The highest BCUT2D eigenvalue weighted by atomic mass is 127. The standard InChI is InChI=1S/C12H24N4O.HI/c1-10(2)15-12(13-3)14-9-11(17)16-7-5-4-6-8-16;/h10H,4-9H2,1-3H3,(H2,13,14,15);1H. The Balaban J connectivity index is 0.00000289. The van der Waals surface area contributed by atoms with Gasteiger partial charge < -0.3 is 15.5 Å². The van der Waals surface area contributed by atoms with Crippen LogP contribution in [0.5, 0.6) is 0 Å². The lowest BCUT2D eigenvalue weighted by molar-refractivity contribution is -0.130. The molecule has 1 fully saturated rings. The number of piperidine rings is 1. The number of carbonyl (C=O) groups excluding carboxylic acids is 1. The van der Waals surface area contributed by atoms with Gasteiger partial charge in [0.25, 0.3) is 0 Å². The molecule has 0 aromatic rings. The molecule has 18 heavy (non-hydrogen) atoms. The Kier molecular flexibility index (Phi) is 9.13. The van der Waals surface area contributed by atoms with E-state index >= 15 is 0 Å². The summed E-state index contributed by atoms with van der Waals surface area (Å²) in [5, 5.41) is 6.20. The summed E-state index contributed by atoms with van der Waals surface area (Å²) in [6.45, 7) is 6.21. The Labute approximate surface area is 127 Å². The van der Waals surface area contributed by atoms with Gasteiger partial charge >= 0.3 is 0 Å². The number of halogens is 1. The summed E-state index contributed by atoms with van der Waals surface area (Å²) in [5.41, 5.74) is 0. The van der Waals surface area contributed by atoms with E-state index < -0.39 is 0 Å². The van der Waals surface area contributed by atoms with Crippen molar-refractivity contribution in [2.45, 2.75) is 39.2 Å². The van der Waals surface area contributed by atoms with E-state index in [1.165, 1.54) is 6.42 Å². The summed E-state index contributed by atoms with van der Waals surface area (Å²) in [5.74, 6) is 0.849. The van der Waals surface area contributed by atoms with Crippen molar-refractivity contribution >= 4 is 35.8 Å². The van der Waals surface area contributed by atoms with Crippen molar-refractivity contribution in [2.24, 2.45) is 4.99 Å². The first-order chi connectivity index (χ1) is 8.13. The third-order valence-corrected chi connectivity index (χ3v) is 2.76. The van der Waals surface area contributed by atoms with Crippen LogP contribution in [0.15, 0.2) is 4.99 Å². The normalized spacial score (nSPS) is 16.2. The van der Waals surface area contributed by atoms with Gasteiger partial charge in [0.15, 0.2) is 5.96 Å². The van der Waals surface area contributed by atoms with E-state index in [1.54, 1.807) is 7.05 Å². The van der Waals surface area contributed by atoms with Gasteiger partial charge in [-0.3, -0.25) is 9.79 Å². The molecule has 0 unspecified atom stereocenters. The highest BCUT2D eigenvalue weighted by molar-refractivity contribution is 14.0. The molecule has 0 spiro atoms.